The number of hydrogen-bond acceptors (Lipinski definition) is 4. The van der Waals surface area contributed by atoms with E-state index in [0.29, 0.717) is 23.2 Å². The van der Waals surface area contributed by atoms with Crippen LogP contribution in [-0.4, -0.2) is 62.5 Å². The summed E-state index contributed by atoms with van der Waals surface area (Å²) in [7, 11) is 0. The molecule has 6 nitrogen and oxygen atoms in total. The van der Waals surface area contributed by atoms with Crippen molar-refractivity contribution in [1.29, 1.82) is 0 Å². The van der Waals surface area contributed by atoms with Crippen LogP contribution in [0.5, 0.6) is 0 Å². The third-order valence-electron chi connectivity index (χ3n) is 6.28. The van der Waals surface area contributed by atoms with Gasteiger partial charge in [0.05, 0.1) is 5.69 Å². The van der Waals surface area contributed by atoms with Crippen molar-refractivity contribution in [2.24, 2.45) is 11.8 Å². The van der Waals surface area contributed by atoms with Crippen LogP contribution in [0, 0.1) is 32.6 Å². The zero-order chi connectivity index (χ0) is 20.0. The predicted octanol–water partition coefficient (Wildman–Crippen LogP) is 3.24. The van der Waals surface area contributed by atoms with Gasteiger partial charge in [0, 0.05) is 43.6 Å². The fourth-order valence-corrected chi connectivity index (χ4v) is 4.57. The Bertz CT molecular complexity index is 883. The highest BCUT2D eigenvalue weighted by atomic mass is 16.2. The lowest BCUT2D eigenvalue weighted by atomic mass is 10.0. The van der Waals surface area contributed by atoms with E-state index >= 15 is 0 Å². The molecule has 0 spiro atoms. The van der Waals surface area contributed by atoms with Crippen LogP contribution >= 0.6 is 0 Å². The molecule has 1 aliphatic carbocycles. The Hall–Kier alpha value is -1.95. The van der Waals surface area contributed by atoms with Crippen LogP contribution in [0.1, 0.15) is 60.5 Å². The normalized spacial score (nSPS) is 21.5. The minimum Gasteiger partial charge on any atom is -0.337 e. The molecule has 2 aromatic heterocycles. The van der Waals surface area contributed by atoms with Crippen LogP contribution in [0.2, 0.25) is 0 Å². The molecular formula is C22H33N5O. The quantitative estimate of drug-likeness (QED) is 0.813. The van der Waals surface area contributed by atoms with Gasteiger partial charge in [-0.3, -0.25) is 9.69 Å². The summed E-state index contributed by atoms with van der Waals surface area (Å²) in [6.45, 7) is 14.4. The maximum atomic E-state index is 13.6. The first kappa shape index (κ1) is 19.4. The largest absolute Gasteiger partial charge is 0.337 e. The molecule has 0 aromatic carbocycles. The second-order valence-electron chi connectivity index (χ2n) is 9.09. The molecular weight excluding hydrogens is 350 g/mol. The number of amides is 1. The van der Waals surface area contributed by atoms with Gasteiger partial charge in [-0.25, -0.2) is 9.50 Å². The van der Waals surface area contributed by atoms with Gasteiger partial charge >= 0.3 is 0 Å². The highest BCUT2D eigenvalue weighted by molar-refractivity contribution is 6.01. The summed E-state index contributed by atoms with van der Waals surface area (Å²) < 4.78 is 1.81. The van der Waals surface area contributed by atoms with Crippen molar-refractivity contribution in [1.82, 2.24) is 24.4 Å². The Morgan fingerprint density at radius 1 is 1.21 bits per heavy atom. The van der Waals surface area contributed by atoms with Crippen molar-refractivity contribution in [3.63, 3.8) is 0 Å². The third kappa shape index (κ3) is 3.66. The van der Waals surface area contributed by atoms with Crippen LogP contribution < -0.4 is 0 Å². The molecule has 1 saturated heterocycles. The number of aromatic nitrogens is 3. The molecule has 152 valence electrons. The summed E-state index contributed by atoms with van der Waals surface area (Å²) in [5.41, 5.74) is 4.07. The van der Waals surface area contributed by atoms with E-state index in [1.54, 1.807) is 0 Å². The van der Waals surface area contributed by atoms with Crippen LogP contribution in [-0.2, 0) is 0 Å². The lowest BCUT2D eigenvalue weighted by Crippen LogP contribution is -2.46. The average Bonchev–Trinajstić information content (AvgIpc) is 3.40. The minimum atomic E-state index is 0.0870. The van der Waals surface area contributed by atoms with Crippen LogP contribution in [0.4, 0.5) is 0 Å². The first-order valence-electron chi connectivity index (χ1n) is 10.7. The maximum Gasteiger partial charge on any atom is 0.259 e. The number of carbonyl (C=O) groups excluding carboxylic acids is 1. The Labute approximate surface area is 167 Å². The second kappa shape index (κ2) is 7.47. The van der Waals surface area contributed by atoms with Crippen LogP contribution in [0.15, 0.2) is 6.07 Å². The Balaban J connectivity index is 1.64. The lowest BCUT2D eigenvalue weighted by Gasteiger charge is -2.34. The van der Waals surface area contributed by atoms with Gasteiger partial charge in [-0.1, -0.05) is 13.8 Å². The van der Waals surface area contributed by atoms with Crippen molar-refractivity contribution in [3.05, 3.63) is 28.7 Å². The molecule has 28 heavy (non-hydrogen) atoms. The van der Waals surface area contributed by atoms with Crippen molar-refractivity contribution >= 4 is 11.6 Å². The van der Waals surface area contributed by atoms with Gasteiger partial charge in [0.25, 0.3) is 5.91 Å². The van der Waals surface area contributed by atoms with Gasteiger partial charge in [-0.15, -0.1) is 0 Å². The molecule has 1 aliphatic heterocycles. The molecule has 2 aromatic rings. The van der Waals surface area contributed by atoms with Crippen molar-refractivity contribution < 1.29 is 4.79 Å². The van der Waals surface area contributed by atoms with Gasteiger partial charge in [0.2, 0.25) is 0 Å². The Kier molecular flexibility index (Phi) is 5.17. The van der Waals surface area contributed by atoms with Crippen LogP contribution in [0.25, 0.3) is 5.65 Å². The molecule has 2 aliphatic rings. The second-order valence-corrected chi connectivity index (χ2v) is 9.09. The molecule has 1 atom stereocenters. The minimum absolute atomic E-state index is 0.0870. The molecule has 0 bridgehead atoms. The first-order chi connectivity index (χ1) is 13.3. The summed E-state index contributed by atoms with van der Waals surface area (Å²) in [6, 6.07) is 2.43. The zero-order valence-electron chi connectivity index (χ0n) is 17.9. The summed E-state index contributed by atoms with van der Waals surface area (Å²) in [6.07, 6.45) is 3.78. The summed E-state index contributed by atoms with van der Waals surface area (Å²) in [5.74, 6) is 1.49. The smallest absolute Gasteiger partial charge is 0.259 e. The Morgan fingerprint density at radius 2 is 1.96 bits per heavy atom. The van der Waals surface area contributed by atoms with E-state index < -0.39 is 0 Å². The average molecular weight is 384 g/mol. The molecule has 3 heterocycles. The molecule has 6 heteroatoms. The number of carbonyl (C=O) groups is 1. The van der Waals surface area contributed by atoms with E-state index in [1.165, 1.54) is 19.4 Å². The molecule has 0 radical (unpaired) electrons. The molecule has 1 amide bonds. The SMILES string of the molecule is Cc1cc(C)n2nc(C)c(C(=O)N3CCCN(CC4CC4)C(C(C)C)C3)c2n1. The van der Waals surface area contributed by atoms with E-state index in [2.05, 4.69) is 33.7 Å². The molecule has 1 saturated carbocycles. The number of nitrogens with zero attached hydrogens (tertiary/aromatic N) is 5. The fraction of sp³-hybridized carbons (Fsp3) is 0.682. The summed E-state index contributed by atoms with van der Waals surface area (Å²) >= 11 is 0. The van der Waals surface area contributed by atoms with Crippen molar-refractivity contribution in [2.45, 2.75) is 59.9 Å². The first-order valence-corrected chi connectivity index (χ1v) is 10.7. The summed E-state index contributed by atoms with van der Waals surface area (Å²) in [4.78, 5) is 23.0. The number of aryl methyl sites for hydroxylation is 3. The predicted molar refractivity (Wildman–Crippen MR) is 111 cm³/mol. The van der Waals surface area contributed by atoms with E-state index in [0.717, 1.165) is 49.1 Å². The van der Waals surface area contributed by atoms with Crippen molar-refractivity contribution in [2.75, 3.05) is 26.2 Å². The van der Waals surface area contributed by atoms with E-state index in [4.69, 9.17) is 0 Å². The highest BCUT2D eigenvalue weighted by Crippen LogP contribution is 2.32. The van der Waals surface area contributed by atoms with Gasteiger partial charge in [-0.2, -0.15) is 5.10 Å². The Morgan fingerprint density at radius 3 is 2.64 bits per heavy atom. The van der Waals surface area contributed by atoms with Crippen molar-refractivity contribution in [3.8, 4) is 0 Å². The van der Waals surface area contributed by atoms with Gasteiger partial charge < -0.3 is 4.90 Å². The molecule has 1 unspecified atom stereocenters. The topological polar surface area (TPSA) is 53.7 Å². The standard InChI is InChI=1S/C22H33N5O/c1-14(2)19-13-26(10-6-9-25(19)12-18-7-8-18)22(28)20-17(5)24-27-16(4)11-15(3)23-21(20)27/h11,14,18-19H,6-10,12-13H2,1-5H3. The highest BCUT2D eigenvalue weighted by Gasteiger charge is 2.34. The maximum absolute atomic E-state index is 13.6. The fourth-order valence-electron chi connectivity index (χ4n) is 4.57. The number of hydrogen-bond donors (Lipinski definition) is 0. The summed E-state index contributed by atoms with van der Waals surface area (Å²) in [5, 5.41) is 4.61. The van der Waals surface area contributed by atoms with E-state index in [1.807, 2.05) is 31.4 Å². The van der Waals surface area contributed by atoms with Gasteiger partial charge in [0.15, 0.2) is 5.65 Å². The molecule has 2 fully saturated rings. The van der Waals surface area contributed by atoms with Gasteiger partial charge in [0.1, 0.15) is 5.56 Å². The zero-order valence-corrected chi connectivity index (χ0v) is 17.9. The van der Waals surface area contributed by atoms with E-state index in [9.17, 15) is 4.79 Å². The van der Waals surface area contributed by atoms with Crippen LogP contribution in [0.3, 0.4) is 0 Å². The third-order valence-corrected chi connectivity index (χ3v) is 6.28. The number of rotatable bonds is 4. The molecule has 4 rings (SSSR count). The monoisotopic (exact) mass is 383 g/mol. The molecule has 0 N–H and O–H groups in total. The lowest BCUT2D eigenvalue weighted by molar-refractivity contribution is 0.0705. The van der Waals surface area contributed by atoms with Gasteiger partial charge in [-0.05, 0) is 57.9 Å². The number of fused-ring (bicyclic) bond motifs is 1. The van der Waals surface area contributed by atoms with E-state index in [-0.39, 0.29) is 5.91 Å².